The third-order valence-corrected chi connectivity index (χ3v) is 3.64. The van der Waals surface area contributed by atoms with Crippen LogP contribution in [0.2, 0.25) is 0 Å². The fourth-order valence-electron chi connectivity index (χ4n) is 2.58. The fraction of sp³-hybridized carbons (Fsp3) is 0.667. The Morgan fingerprint density at radius 1 is 1.50 bits per heavy atom. The molecule has 1 heterocycles. The van der Waals surface area contributed by atoms with Crippen molar-refractivity contribution in [1.82, 2.24) is 4.98 Å². The molecule has 2 unspecified atom stereocenters. The second kappa shape index (κ2) is 3.43. The highest BCUT2D eigenvalue weighted by molar-refractivity contribution is 5.15. The largest absolute Gasteiger partial charge is 0.365 e. The summed E-state index contributed by atoms with van der Waals surface area (Å²) in [6.45, 7) is 4.70. The monoisotopic (exact) mass is 192 g/mol. The van der Waals surface area contributed by atoms with Crippen LogP contribution >= 0.6 is 0 Å². The van der Waals surface area contributed by atoms with Crippen LogP contribution in [0.1, 0.15) is 44.7 Å². The Balaban J connectivity index is 2.22. The van der Waals surface area contributed by atoms with Crippen molar-refractivity contribution in [3.05, 3.63) is 24.0 Å². The highest BCUT2D eigenvalue weighted by Crippen LogP contribution is 2.45. The van der Waals surface area contributed by atoms with E-state index in [0.717, 1.165) is 6.42 Å². The van der Waals surface area contributed by atoms with E-state index in [2.05, 4.69) is 31.0 Å². The number of hydrogen-bond donors (Lipinski definition) is 2. The van der Waals surface area contributed by atoms with Crippen LogP contribution in [-0.4, -0.2) is 11.0 Å². The molecule has 2 atom stereocenters. The molecular weight excluding hydrogens is 172 g/mol. The summed E-state index contributed by atoms with van der Waals surface area (Å²) in [5.41, 5.74) is 7.78. The van der Waals surface area contributed by atoms with E-state index in [0.29, 0.717) is 17.4 Å². The lowest BCUT2D eigenvalue weighted by atomic mass is 9.66. The summed E-state index contributed by atoms with van der Waals surface area (Å²) < 4.78 is 0. The summed E-state index contributed by atoms with van der Waals surface area (Å²) in [7, 11) is 0. The number of aromatic amines is 1. The van der Waals surface area contributed by atoms with E-state index in [4.69, 9.17) is 5.73 Å². The molecule has 0 aliphatic heterocycles. The molecule has 0 saturated heterocycles. The number of hydrogen-bond acceptors (Lipinski definition) is 1. The van der Waals surface area contributed by atoms with Crippen LogP contribution in [0.3, 0.4) is 0 Å². The summed E-state index contributed by atoms with van der Waals surface area (Å²) in [4.78, 5) is 3.33. The van der Waals surface area contributed by atoms with Gasteiger partial charge in [-0.15, -0.1) is 0 Å². The van der Waals surface area contributed by atoms with Crippen molar-refractivity contribution in [3.63, 3.8) is 0 Å². The molecule has 2 rings (SSSR count). The normalized spacial score (nSPS) is 31.6. The van der Waals surface area contributed by atoms with Gasteiger partial charge in [-0.2, -0.15) is 0 Å². The zero-order valence-corrected chi connectivity index (χ0v) is 9.09. The lowest BCUT2D eigenvalue weighted by molar-refractivity contribution is 0.180. The number of nitrogens with two attached hydrogens (primary N) is 1. The van der Waals surface area contributed by atoms with Gasteiger partial charge in [-0.05, 0) is 36.8 Å². The molecule has 1 aromatic rings. The van der Waals surface area contributed by atoms with E-state index in [1.165, 1.54) is 18.5 Å². The Bertz CT molecular complexity index is 287. The van der Waals surface area contributed by atoms with E-state index >= 15 is 0 Å². The molecule has 1 aromatic heterocycles. The first-order valence-corrected chi connectivity index (χ1v) is 5.48. The molecule has 1 fully saturated rings. The Labute approximate surface area is 85.9 Å². The van der Waals surface area contributed by atoms with Gasteiger partial charge >= 0.3 is 0 Å². The first kappa shape index (κ1) is 9.78. The molecule has 0 amide bonds. The topological polar surface area (TPSA) is 41.8 Å². The molecule has 0 radical (unpaired) electrons. The van der Waals surface area contributed by atoms with Gasteiger partial charge in [-0.3, -0.25) is 0 Å². The number of aromatic nitrogens is 1. The molecule has 0 aromatic carbocycles. The highest BCUT2D eigenvalue weighted by atomic mass is 14.7. The molecule has 1 saturated carbocycles. The van der Waals surface area contributed by atoms with Crippen molar-refractivity contribution < 1.29 is 0 Å². The van der Waals surface area contributed by atoms with Crippen LogP contribution in [0.5, 0.6) is 0 Å². The average Bonchev–Trinajstić information content (AvgIpc) is 2.62. The molecule has 1 aliphatic rings. The van der Waals surface area contributed by atoms with Gasteiger partial charge in [-0.1, -0.05) is 13.8 Å². The summed E-state index contributed by atoms with van der Waals surface area (Å²) >= 11 is 0. The lowest BCUT2D eigenvalue weighted by Crippen LogP contribution is -2.36. The maximum atomic E-state index is 6.04. The van der Waals surface area contributed by atoms with Crippen LogP contribution in [0.15, 0.2) is 18.3 Å². The van der Waals surface area contributed by atoms with Crippen molar-refractivity contribution >= 4 is 0 Å². The van der Waals surface area contributed by atoms with Gasteiger partial charge in [0.2, 0.25) is 0 Å². The fourth-order valence-corrected chi connectivity index (χ4v) is 2.58. The van der Waals surface area contributed by atoms with Crippen LogP contribution < -0.4 is 5.73 Å². The van der Waals surface area contributed by atoms with E-state index in [1.807, 2.05) is 6.20 Å². The van der Waals surface area contributed by atoms with E-state index < -0.39 is 0 Å². The Kier molecular flexibility index (Phi) is 2.40. The van der Waals surface area contributed by atoms with Gasteiger partial charge in [0.15, 0.2) is 0 Å². The van der Waals surface area contributed by atoms with Crippen LogP contribution in [0.25, 0.3) is 0 Å². The predicted molar refractivity (Wildman–Crippen MR) is 59.1 cm³/mol. The molecule has 14 heavy (non-hydrogen) atoms. The van der Waals surface area contributed by atoms with E-state index in [-0.39, 0.29) is 0 Å². The Morgan fingerprint density at radius 3 is 2.93 bits per heavy atom. The summed E-state index contributed by atoms with van der Waals surface area (Å²) in [6.07, 6.45) is 5.53. The number of nitrogens with one attached hydrogen (secondary N) is 1. The molecule has 2 nitrogen and oxygen atoms in total. The minimum atomic E-state index is 0.385. The number of H-pyrrole nitrogens is 1. The van der Waals surface area contributed by atoms with Crippen molar-refractivity contribution in [2.75, 3.05) is 0 Å². The van der Waals surface area contributed by atoms with Gasteiger partial charge in [0.05, 0.1) is 0 Å². The molecule has 1 aliphatic carbocycles. The van der Waals surface area contributed by atoms with Crippen LogP contribution in [0, 0.1) is 5.41 Å². The third-order valence-electron chi connectivity index (χ3n) is 3.64. The average molecular weight is 192 g/mol. The zero-order chi connectivity index (χ0) is 10.2. The zero-order valence-electron chi connectivity index (χ0n) is 9.09. The first-order chi connectivity index (χ1) is 6.59. The van der Waals surface area contributed by atoms with Crippen molar-refractivity contribution in [3.8, 4) is 0 Å². The van der Waals surface area contributed by atoms with Gasteiger partial charge in [0.25, 0.3) is 0 Å². The standard InChI is InChI=1S/C12H20N2/c1-12(2)6-5-9(13)8-10(12)11-4-3-7-14-11/h3-4,7,9-10,14H,5-6,8,13H2,1-2H3. The maximum absolute atomic E-state index is 6.04. The third kappa shape index (κ3) is 1.71. The minimum absolute atomic E-state index is 0.385. The van der Waals surface area contributed by atoms with Gasteiger partial charge in [0.1, 0.15) is 0 Å². The van der Waals surface area contributed by atoms with E-state index in [9.17, 15) is 0 Å². The lowest BCUT2D eigenvalue weighted by Gasteiger charge is -2.40. The van der Waals surface area contributed by atoms with Gasteiger partial charge in [0, 0.05) is 23.9 Å². The maximum Gasteiger partial charge on any atom is 0.0184 e. The van der Waals surface area contributed by atoms with Gasteiger partial charge in [-0.25, -0.2) is 0 Å². The van der Waals surface area contributed by atoms with Crippen LogP contribution in [0.4, 0.5) is 0 Å². The quantitative estimate of drug-likeness (QED) is 0.705. The molecule has 3 N–H and O–H groups in total. The Hall–Kier alpha value is -0.760. The van der Waals surface area contributed by atoms with E-state index in [1.54, 1.807) is 0 Å². The Morgan fingerprint density at radius 2 is 2.29 bits per heavy atom. The SMILES string of the molecule is CC1(C)CCC(N)CC1c1ccc[nH]1. The molecule has 78 valence electrons. The first-order valence-electron chi connectivity index (χ1n) is 5.48. The van der Waals surface area contributed by atoms with Gasteiger partial charge < -0.3 is 10.7 Å². The summed E-state index contributed by atoms with van der Waals surface area (Å²) in [5.74, 6) is 0.598. The summed E-state index contributed by atoms with van der Waals surface area (Å²) in [5, 5.41) is 0. The molecule has 2 heteroatoms. The minimum Gasteiger partial charge on any atom is -0.365 e. The van der Waals surface area contributed by atoms with Crippen LogP contribution in [-0.2, 0) is 0 Å². The molecule has 0 bridgehead atoms. The predicted octanol–water partition coefficient (Wildman–Crippen LogP) is 2.64. The van der Waals surface area contributed by atoms with Crippen molar-refractivity contribution in [1.29, 1.82) is 0 Å². The van der Waals surface area contributed by atoms with Crippen molar-refractivity contribution in [2.24, 2.45) is 11.1 Å². The number of rotatable bonds is 1. The second-order valence-corrected chi connectivity index (χ2v) is 5.20. The van der Waals surface area contributed by atoms with Crippen molar-refractivity contribution in [2.45, 2.75) is 45.1 Å². The second-order valence-electron chi connectivity index (χ2n) is 5.20. The smallest absolute Gasteiger partial charge is 0.0184 e. The summed E-state index contributed by atoms with van der Waals surface area (Å²) in [6, 6.07) is 4.65. The molecule has 0 spiro atoms. The molecular formula is C12H20N2. The highest BCUT2D eigenvalue weighted by Gasteiger charge is 2.36.